The maximum absolute atomic E-state index is 11.9. The van der Waals surface area contributed by atoms with Crippen LogP contribution in [0.25, 0.3) is 0 Å². The van der Waals surface area contributed by atoms with Crippen LogP contribution >= 0.6 is 0 Å². The fourth-order valence-corrected chi connectivity index (χ4v) is 2.47. The topological polar surface area (TPSA) is 151 Å². The zero-order chi connectivity index (χ0) is 19.2. The molecule has 11 nitrogen and oxygen atoms in total. The highest BCUT2D eigenvalue weighted by atomic mass is 32.2. The number of nitrogens with one attached hydrogen (secondary N) is 1. The van der Waals surface area contributed by atoms with E-state index < -0.39 is 39.0 Å². The quantitative estimate of drug-likeness (QED) is 0.318. The monoisotopic (exact) mass is 374 g/mol. The van der Waals surface area contributed by atoms with Gasteiger partial charge in [-0.1, -0.05) is 18.7 Å². The van der Waals surface area contributed by atoms with E-state index in [0.29, 0.717) is 0 Å². The number of ether oxygens (including phenoxy) is 2. The van der Waals surface area contributed by atoms with Gasteiger partial charge in [0.15, 0.2) is 0 Å². The SMILES string of the molecule is C=C(C(=O)OC)C(OS(=O)(=O)NC(=O)OC)c1cccc([N+](=O)[O-])c1. The third-order valence-corrected chi connectivity index (χ3v) is 3.63. The van der Waals surface area contributed by atoms with Crippen LogP contribution < -0.4 is 4.72 Å². The van der Waals surface area contributed by atoms with Crippen molar-refractivity contribution in [2.45, 2.75) is 6.10 Å². The smallest absolute Gasteiger partial charge is 0.422 e. The number of nitro benzene ring substituents is 1. The Morgan fingerprint density at radius 2 is 1.92 bits per heavy atom. The molecule has 0 bridgehead atoms. The fourth-order valence-electron chi connectivity index (χ4n) is 1.65. The van der Waals surface area contributed by atoms with Crippen molar-refractivity contribution in [1.29, 1.82) is 0 Å². The van der Waals surface area contributed by atoms with Gasteiger partial charge in [-0.05, 0) is 5.56 Å². The van der Waals surface area contributed by atoms with Crippen molar-refractivity contribution in [2.75, 3.05) is 14.2 Å². The standard InChI is InChI=1S/C13H14N2O9S/c1-8(12(16)22-2)11(24-25(20,21)14-13(17)23-3)9-5-4-6-10(7-9)15(18)19/h4-7,11H,1H2,2-3H3,(H,14,17). The van der Waals surface area contributed by atoms with E-state index in [2.05, 4.69) is 16.1 Å². The summed E-state index contributed by atoms with van der Waals surface area (Å²) in [5.41, 5.74) is -0.903. The fraction of sp³-hybridized carbons (Fsp3) is 0.231. The molecule has 1 N–H and O–H groups in total. The number of esters is 1. The molecule has 1 aromatic carbocycles. The number of carbonyl (C=O) groups excluding carboxylic acids is 2. The van der Waals surface area contributed by atoms with Crippen LogP contribution in [-0.2, 0) is 28.8 Å². The van der Waals surface area contributed by atoms with Gasteiger partial charge in [-0.25, -0.2) is 13.8 Å². The highest BCUT2D eigenvalue weighted by Gasteiger charge is 2.30. The molecule has 0 heterocycles. The van der Waals surface area contributed by atoms with Gasteiger partial charge < -0.3 is 9.47 Å². The van der Waals surface area contributed by atoms with Crippen LogP contribution in [0.2, 0.25) is 0 Å². The largest absolute Gasteiger partial charge is 0.466 e. The second-order valence-corrected chi connectivity index (χ2v) is 5.70. The minimum absolute atomic E-state index is 0.0696. The molecule has 0 aliphatic carbocycles. The van der Waals surface area contributed by atoms with Crippen molar-refractivity contribution < 1.29 is 36.6 Å². The van der Waals surface area contributed by atoms with Crippen molar-refractivity contribution >= 4 is 28.1 Å². The number of carbonyl (C=O) groups is 2. The molecule has 0 saturated carbocycles. The highest BCUT2D eigenvalue weighted by Crippen LogP contribution is 2.29. The first-order valence-corrected chi connectivity index (χ1v) is 7.82. The lowest BCUT2D eigenvalue weighted by Gasteiger charge is -2.18. The Balaban J connectivity index is 3.29. The molecular formula is C13H14N2O9S. The molecule has 136 valence electrons. The van der Waals surface area contributed by atoms with Crippen molar-refractivity contribution in [3.05, 3.63) is 52.1 Å². The summed E-state index contributed by atoms with van der Waals surface area (Å²) in [7, 11) is -2.77. The summed E-state index contributed by atoms with van der Waals surface area (Å²) in [4.78, 5) is 32.9. The molecular weight excluding hydrogens is 360 g/mol. The predicted molar refractivity (Wildman–Crippen MR) is 82.5 cm³/mol. The van der Waals surface area contributed by atoms with Crippen LogP contribution in [-0.4, -0.2) is 39.6 Å². The minimum atomic E-state index is -4.72. The number of hydrogen-bond donors (Lipinski definition) is 1. The lowest BCUT2D eigenvalue weighted by atomic mass is 10.0. The zero-order valence-corrected chi connectivity index (χ0v) is 13.9. The number of nitro groups is 1. The Hall–Kier alpha value is -2.99. The van der Waals surface area contributed by atoms with Gasteiger partial charge in [0.2, 0.25) is 0 Å². The number of non-ortho nitro benzene ring substituents is 1. The Bertz CT molecular complexity index is 803. The Labute approximate surface area is 142 Å². The number of benzene rings is 1. The van der Waals surface area contributed by atoms with Gasteiger partial charge >= 0.3 is 22.4 Å². The van der Waals surface area contributed by atoms with Crippen molar-refractivity contribution in [3.8, 4) is 0 Å². The number of methoxy groups -OCH3 is 2. The maximum atomic E-state index is 11.9. The first kappa shape index (κ1) is 20.1. The maximum Gasteiger partial charge on any atom is 0.422 e. The first-order valence-electron chi connectivity index (χ1n) is 6.41. The van der Waals surface area contributed by atoms with Gasteiger partial charge in [-0.3, -0.25) is 10.1 Å². The Morgan fingerprint density at radius 3 is 2.44 bits per heavy atom. The van der Waals surface area contributed by atoms with Gasteiger partial charge in [0.25, 0.3) is 5.69 Å². The van der Waals surface area contributed by atoms with Gasteiger partial charge in [0.1, 0.15) is 6.10 Å². The van der Waals surface area contributed by atoms with Gasteiger partial charge in [-0.2, -0.15) is 13.1 Å². The van der Waals surface area contributed by atoms with E-state index in [1.165, 1.54) is 16.9 Å². The van der Waals surface area contributed by atoms with E-state index in [-0.39, 0.29) is 11.3 Å². The molecule has 0 aliphatic heterocycles. The van der Waals surface area contributed by atoms with E-state index >= 15 is 0 Å². The van der Waals surface area contributed by atoms with Crippen LogP contribution in [0.1, 0.15) is 11.7 Å². The van der Waals surface area contributed by atoms with E-state index in [4.69, 9.17) is 4.18 Å². The summed E-state index contributed by atoms with van der Waals surface area (Å²) in [6.45, 7) is 3.38. The van der Waals surface area contributed by atoms with Crippen molar-refractivity contribution in [3.63, 3.8) is 0 Å². The molecule has 0 spiro atoms. The van der Waals surface area contributed by atoms with Gasteiger partial charge in [0.05, 0.1) is 24.7 Å². The number of nitrogens with zero attached hydrogens (tertiary/aromatic N) is 1. The first-order chi connectivity index (χ1) is 11.6. The van der Waals surface area contributed by atoms with Crippen LogP contribution in [0.4, 0.5) is 10.5 Å². The predicted octanol–water partition coefficient (Wildman–Crippen LogP) is 0.982. The molecule has 1 aromatic rings. The Kier molecular flexibility index (Phi) is 6.59. The summed E-state index contributed by atoms with van der Waals surface area (Å²) in [5.74, 6) is -1.01. The van der Waals surface area contributed by atoms with Gasteiger partial charge in [0, 0.05) is 12.1 Å². The summed E-state index contributed by atoms with van der Waals surface area (Å²) >= 11 is 0. The summed E-state index contributed by atoms with van der Waals surface area (Å²) in [6.07, 6.45) is -3.00. The second-order valence-electron chi connectivity index (χ2n) is 4.39. The van der Waals surface area contributed by atoms with E-state index in [9.17, 15) is 28.1 Å². The third-order valence-electron chi connectivity index (χ3n) is 2.76. The molecule has 1 amide bonds. The lowest BCUT2D eigenvalue weighted by molar-refractivity contribution is -0.385. The molecule has 0 aromatic heterocycles. The average Bonchev–Trinajstić information content (AvgIpc) is 2.57. The zero-order valence-electron chi connectivity index (χ0n) is 13.1. The minimum Gasteiger partial charge on any atom is -0.466 e. The van der Waals surface area contributed by atoms with Crippen molar-refractivity contribution in [1.82, 2.24) is 4.72 Å². The molecule has 1 atom stereocenters. The summed E-state index contributed by atoms with van der Waals surface area (Å²) in [6, 6.07) is 4.68. The number of rotatable bonds is 7. The van der Waals surface area contributed by atoms with Crippen LogP contribution in [0.5, 0.6) is 0 Å². The second kappa shape index (κ2) is 8.21. The molecule has 0 radical (unpaired) electrons. The molecule has 1 rings (SSSR count). The van der Waals surface area contributed by atoms with Crippen LogP contribution in [0, 0.1) is 10.1 Å². The molecule has 0 saturated heterocycles. The van der Waals surface area contributed by atoms with Gasteiger partial charge in [-0.15, -0.1) is 0 Å². The van der Waals surface area contributed by atoms with E-state index in [1.807, 2.05) is 0 Å². The molecule has 1 unspecified atom stereocenters. The number of amides is 1. The molecule has 0 fully saturated rings. The lowest BCUT2D eigenvalue weighted by Crippen LogP contribution is -2.33. The van der Waals surface area contributed by atoms with E-state index in [0.717, 1.165) is 26.4 Å². The van der Waals surface area contributed by atoms with Crippen molar-refractivity contribution in [2.24, 2.45) is 0 Å². The highest BCUT2D eigenvalue weighted by molar-refractivity contribution is 7.85. The average molecular weight is 374 g/mol. The molecule has 0 aliphatic rings. The normalized spacial score (nSPS) is 11.9. The Morgan fingerprint density at radius 1 is 1.28 bits per heavy atom. The van der Waals surface area contributed by atoms with E-state index in [1.54, 1.807) is 0 Å². The van der Waals surface area contributed by atoms with Crippen LogP contribution in [0.3, 0.4) is 0 Å². The molecule has 25 heavy (non-hydrogen) atoms. The third kappa shape index (κ3) is 5.54. The summed E-state index contributed by atoms with van der Waals surface area (Å²) < 4.78 is 38.5. The van der Waals surface area contributed by atoms with Crippen LogP contribution in [0.15, 0.2) is 36.4 Å². The summed E-state index contributed by atoms with van der Waals surface area (Å²) in [5, 5.41) is 10.9. The molecule has 12 heteroatoms. The number of hydrogen-bond acceptors (Lipinski definition) is 9.